The molecule has 1 fully saturated rings. The van der Waals surface area contributed by atoms with Crippen molar-refractivity contribution in [3.63, 3.8) is 0 Å². The molecule has 2 N–H and O–H groups in total. The maximum atomic E-state index is 13.8. The summed E-state index contributed by atoms with van der Waals surface area (Å²) >= 11 is 6.10. The van der Waals surface area contributed by atoms with Crippen molar-refractivity contribution in [2.45, 2.75) is 0 Å². The minimum absolute atomic E-state index is 0.0872. The number of nitrogens with one attached hydrogen (secondary N) is 1. The van der Waals surface area contributed by atoms with Gasteiger partial charge in [-0.05, 0) is 48.1 Å². The molecule has 3 rings (SSSR count). The lowest BCUT2D eigenvalue weighted by Crippen LogP contribution is -2.45. The number of rotatable bonds is 6. The summed E-state index contributed by atoms with van der Waals surface area (Å²) in [6.45, 7) is -0.492. The first-order chi connectivity index (χ1) is 13.8. The Morgan fingerprint density at radius 1 is 1.24 bits per heavy atom. The van der Waals surface area contributed by atoms with Crippen LogP contribution in [0.5, 0.6) is 5.75 Å². The third-order valence-corrected chi connectivity index (χ3v) is 4.95. The minimum Gasteiger partial charge on any atom is -0.482 e. The Labute approximate surface area is 174 Å². The maximum absolute atomic E-state index is 13.8. The molecule has 1 aliphatic heterocycles. The Kier molecular flexibility index (Phi) is 6.25. The molecule has 2 aromatic carbocycles. The number of benzene rings is 2. The SMILES string of the molecule is O=C(O)COc1cccc(/C=C2/SC(=S)N(NC(=O)c3ccccc3F)C2=O)c1. The van der Waals surface area contributed by atoms with Crippen LogP contribution in [0, 0.1) is 5.82 Å². The second kappa shape index (κ2) is 8.84. The number of thiocarbonyl (C=S) groups is 1. The molecule has 0 aliphatic carbocycles. The quantitative estimate of drug-likeness (QED) is 0.535. The van der Waals surface area contributed by atoms with Crippen LogP contribution >= 0.6 is 24.0 Å². The number of thioether (sulfide) groups is 1. The van der Waals surface area contributed by atoms with Gasteiger partial charge in [0.25, 0.3) is 11.8 Å². The zero-order chi connectivity index (χ0) is 21.0. The maximum Gasteiger partial charge on any atom is 0.341 e. The fraction of sp³-hybridized carbons (Fsp3) is 0.0526. The van der Waals surface area contributed by atoms with Crippen molar-refractivity contribution in [1.29, 1.82) is 0 Å². The highest BCUT2D eigenvalue weighted by Crippen LogP contribution is 2.32. The van der Waals surface area contributed by atoms with E-state index in [9.17, 15) is 18.8 Å². The van der Waals surface area contributed by atoms with E-state index >= 15 is 0 Å². The molecule has 0 unspecified atom stereocenters. The van der Waals surface area contributed by atoms with Gasteiger partial charge in [-0.25, -0.2) is 9.18 Å². The highest BCUT2D eigenvalue weighted by molar-refractivity contribution is 8.26. The number of carboxylic acid groups (broad SMARTS) is 1. The molecule has 2 aromatic rings. The van der Waals surface area contributed by atoms with Gasteiger partial charge < -0.3 is 9.84 Å². The van der Waals surface area contributed by atoms with Crippen LogP contribution in [0.3, 0.4) is 0 Å². The van der Waals surface area contributed by atoms with Gasteiger partial charge in [0.1, 0.15) is 11.6 Å². The molecular weight excluding hydrogens is 419 g/mol. The first kappa shape index (κ1) is 20.5. The van der Waals surface area contributed by atoms with Gasteiger partial charge in [-0.15, -0.1) is 0 Å². The fourth-order valence-electron chi connectivity index (χ4n) is 2.36. The zero-order valence-electron chi connectivity index (χ0n) is 14.6. The van der Waals surface area contributed by atoms with Crippen LogP contribution in [-0.2, 0) is 9.59 Å². The van der Waals surface area contributed by atoms with E-state index in [1.807, 2.05) is 0 Å². The summed E-state index contributed by atoms with van der Waals surface area (Å²) in [5.41, 5.74) is 2.67. The monoisotopic (exact) mass is 432 g/mol. The van der Waals surface area contributed by atoms with Gasteiger partial charge in [0.15, 0.2) is 10.9 Å². The molecule has 0 atom stereocenters. The zero-order valence-corrected chi connectivity index (χ0v) is 16.3. The molecular formula is C19H13FN2O5S2. The normalized spacial score (nSPS) is 14.9. The molecule has 0 spiro atoms. The smallest absolute Gasteiger partial charge is 0.341 e. The van der Waals surface area contributed by atoms with Crippen LogP contribution in [0.25, 0.3) is 6.08 Å². The van der Waals surface area contributed by atoms with Crippen molar-refractivity contribution in [2.75, 3.05) is 6.61 Å². The number of nitrogens with zero attached hydrogens (tertiary/aromatic N) is 1. The van der Waals surface area contributed by atoms with Gasteiger partial charge >= 0.3 is 5.97 Å². The molecule has 0 bridgehead atoms. The number of carboxylic acids is 1. The topological polar surface area (TPSA) is 95.9 Å². The van der Waals surface area contributed by atoms with Crippen LogP contribution in [-0.4, -0.2) is 38.8 Å². The number of carbonyl (C=O) groups is 3. The van der Waals surface area contributed by atoms with Crippen molar-refractivity contribution in [1.82, 2.24) is 10.4 Å². The number of hydrogen-bond acceptors (Lipinski definition) is 6. The third-order valence-electron chi connectivity index (χ3n) is 3.64. The number of hydrazine groups is 1. The highest BCUT2D eigenvalue weighted by atomic mass is 32.2. The van der Waals surface area contributed by atoms with E-state index in [-0.39, 0.29) is 14.8 Å². The molecule has 10 heteroatoms. The van der Waals surface area contributed by atoms with E-state index in [1.54, 1.807) is 24.3 Å². The predicted molar refractivity (Wildman–Crippen MR) is 108 cm³/mol. The second-order valence-corrected chi connectivity index (χ2v) is 7.37. The lowest BCUT2D eigenvalue weighted by atomic mass is 10.2. The second-order valence-electron chi connectivity index (χ2n) is 5.69. The Hall–Kier alpha value is -3.24. The summed E-state index contributed by atoms with van der Waals surface area (Å²) in [4.78, 5) is 35.7. The van der Waals surface area contributed by atoms with Crippen molar-refractivity contribution in [3.8, 4) is 5.75 Å². The molecule has 2 amide bonds. The Bertz CT molecular complexity index is 1040. The number of carbonyl (C=O) groups excluding carboxylic acids is 2. The summed E-state index contributed by atoms with van der Waals surface area (Å²) < 4.78 is 19.0. The molecule has 1 saturated heterocycles. The van der Waals surface area contributed by atoms with Crippen LogP contribution in [0.15, 0.2) is 53.4 Å². The average Bonchev–Trinajstić information content (AvgIpc) is 2.94. The predicted octanol–water partition coefficient (Wildman–Crippen LogP) is 2.84. The minimum atomic E-state index is -1.11. The molecule has 0 saturated carbocycles. The van der Waals surface area contributed by atoms with Gasteiger partial charge in [0.05, 0.1) is 10.5 Å². The molecule has 1 heterocycles. The van der Waals surface area contributed by atoms with E-state index in [4.69, 9.17) is 22.1 Å². The molecule has 148 valence electrons. The van der Waals surface area contributed by atoms with E-state index in [0.717, 1.165) is 22.8 Å². The number of halogens is 1. The van der Waals surface area contributed by atoms with Crippen LogP contribution in [0.1, 0.15) is 15.9 Å². The number of hydrogen-bond donors (Lipinski definition) is 2. The summed E-state index contributed by atoms with van der Waals surface area (Å²) in [5.74, 6) is -2.87. The van der Waals surface area contributed by atoms with Crippen molar-refractivity contribution in [2.24, 2.45) is 0 Å². The lowest BCUT2D eigenvalue weighted by molar-refractivity contribution is -0.139. The fourth-order valence-corrected chi connectivity index (χ4v) is 3.54. The Balaban J connectivity index is 1.75. The lowest BCUT2D eigenvalue weighted by Gasteiger charge is -2.15. The summed E-state index contributed by atoms with van der Waals surface area (Å²) in [7, 11) is 0. The van der Waals surface area contributed by atoms with Crippen LogP contribution in [0.4, 0.5) is 4.39 Å². The average molecular weight is 432 g/mol. The molecule has 29 heavy (non-hydrogen) atoms. The Morgan fingerprint density at radius 3 is 2.72 bits per heavy atom. The van der Waals surface area contributed by atoms with E-state index in [0.29, 0.717) is 11.3 Å². The molecule has 0 aromatic heterocycles. The molecule has 7 nitrogen and oxygen atoms in total. The van der Waals surface area contributed by atoms with E-state index < -0.39 is 30.2 Å². The van der Waals surface area contributed by atoms with Gasteiger partial charge in [-0.1, -0.05) is 36.0 Å². The first-order valence-corrected chi connectivity index (χ1v) is 9.36. The van der Waals surface area contributed by atoms with Gasteiger partial charge in [-0.3, -0.25) is 15.0 Å². The van der Waals surface area contributed by atoms with Crippen molar-refractivity contribution < 1.29 is 28.6 Å². The number of ether oxygens (including phenoxy) is 1. The van der Waals surface area contributed by atoms with Gasteiger partial charge in [0.2, 0.25) is 0 Å². The molecule has 0 radical (unpaired) electrons. The summed E-state index contributed by atoms with van der Waals surface area (Å²) in [5, 5.41) is 9.56. The first-order valence-electron chi connectivity index (χ1n) is 8.13. The van der Waals surface area contributed by atoms with Crippen LogP contribution < -0.4 is 10.2 Å². The molecule has 1 aliphatic rings. The van der Waals surface area contributed by atoms with E-state index in [2.05, 4.69) is 5.43 Å². The number of amides is 2. The van der Waals surface area contributed by atoms with Crippen molar-refractivity contribution in [3.05, 3.63) is 70.4 Å². The van der Waals surface area contributed by atoms with Crippen LogP contribution in [0.2, 0.25) is 0 Å². The summed E-state index contributed by atoms with van der Waals surface area (Å²) in [6, 6.07) is 11.9. The number of aliphatic carboxylic acids is 1. The summed E-state index contributed by atoms with van der Waals surface area (Å²) in [6.07, 6.45) is 1.53. The van der Waals surface area contributed by atoms with E-state index in [1.165, 1.54) is 24.3 Å². The standard InChI is InChI=1S/C19H13FN2O5S2/c20-14-7-2-1-6-13(14)17(25)21-22-18(26)15(29-19(22)28)9-11-4-3-5-12(8-11)27-10-16(23)24/h1-9H,10H2,(H,21,25)(H,23,24)/b15-9+. The highest BCUT2D eigenvalue weighted by Gasteiger charge is 2.34. The largest absolute Gasteiger partial charge is 0.482 e. The third kappa shape index (κ3) is 4.98. The Morgan fingerprint density at radius 2 is 2.00 bits per heavy atom. The van der Waals surface area contributed by atoms with Gasteiger partial charge in [-0.2, -0.15) is 5.01 Å². The van der Waals surface area contributed by atoms with Gasteiger partial charge in [0, 0.05) is 0 Å². The van der Waals surface area contributed by atoms with Crippen molar-refractivity contribution >= 4 is 52.2 Å².